The largest absolute Gasteiger partial charge is 0.479 e. The molecular formula is C19H24ClN7O5S. The lowest BCUT2D eigenvalue weighted by Gasteiger charge is -2.20. The highest BCUT2D eigenvalue weighted by molar-refractivity contribution is 7.91. The van der Waals surface area contributed by atoms with Crippen LogP contribution >= 0.6 is 11.6 Å². The van der Waals surface area contributed by atoms with Crippen molar-refractivity contribution in [2.75, 3.05) is 21.3 Å². The van der Waals surface area contributed by atoms with Crippen LogP contribution < -0.4 is 9.47 Å². The van der Waals surface area contributed by atoms with Gasteiger partial charge in [-0.3, -0.25) is 4.57 Å². The molecular weight excluding hydrogens is 474 g/mol. The first kappa shape index (κ1) is 24.7. The highest BCUT2D eigenvalue weighted by Gasteiger charge is 2.33. The van der Waals surface area contributed by atoms with Crippen LogP contribution in [0.4, 0.5) is 0 Å². The Morgan fingerprint density at radius 1 is 0.970 bits per heavy atom. The fraction of sp³-hybridized carbons (Fsp3) is 0.474. The summed E-state index contributed by atoms with van der Waals surface area (Å²) >= 11 is 5.84. The first-order chi connectivity index (χ1) is 15.7. The molecule has 3 aromatic rings. The fourth-order valence-electron chi connectivity index (χ4n) is 3.16. The molecule has 0 unspecified atom stereocenters. The molecule has 14 heteroatoms. The summed E-state index contributed by atoms with van der Waals surface area (Å²) in [5.74, 6) is 0.231. The zero-order valence-corrected chi connectivity index (χ0v) is 20.3. The minimum absolute atomic E-state index is 0.0544. The third-order valence-corrected chi connectivity index (χ3v) is 7.48. The van der Waals surface area contributed by atoms with E-state index < -0.39 is 26.8 Å². The predicted octanol–water partition coefficient (Wildman–Crippen LogP) is 1.77. The van der Waals surface area contributed by atoms with Crippen molar-refractivity contribution in [1.82, 2.24) is 34.7 Å². The van der Waals surface area contributed by atoms with Crippen LogP contribution in [-0.4, -0.2) is 69.7 Å². The van der Waals surface area contributed by atoms with Gasteiger partial charge in [-0.2, -0.15) is 9.97 Å². The van der Waals surface area contributed by atoms with Crippen molar-refractivity contribution in [2.24, 2.45) is 0 Å². The van der Waals surface area contributed by atoms with Gasteiger partial charge in [-0.1, -0.05) is 18.5 Å². The standard InChI is InChI=1S/C19H24ClN7O5S/c1-11(17-21-6-13(20)7-22-17)12(2)33(28,29)9-15-26-25-14(8-30-3)27(15)16-18(31-4)23-10-24-19(16)32-5/h6-7,10-12H,8-9H2,1-5H3/t11-,12-/m0/s1. The van der Waals surface area contributed by atoms with Crippen molar-refractivity contribution in [3.63, 3.8) is 0 Å². The SMILES string of the molecule is COCc1nnc(CS(=O)(=O)[C@@H](C)[C@H](C)c2ncc(Cl)cn2)n1-c1c(OC)ncnc1OC. The van der Waals surface area contributed by atoms with Crippen molar-refractivity contribution in [3.8, 4) is 17.4 Å². The summed E-state index contributed by atoms with van der Waals surface area (Å²) in [7, 11) is 0.603. The maximum absolute atomic E-state index is 13.4. The number of methoxy groups -OCH3 is 3. The first-order valence-electron chi connectivity index (χ1n) is 9.77. The molecule has 0 N–H and O–H groups in total. The summed E-state index contributed by atoms with van der Waals surface area (Å²) in [5.41, 5.74) is 0.270. The zero-order valence-electron chi connectivity index (χ0n) is 18.8. The summed E-state index contributed by atoms with van der Waals surface area (Å²) in [6.07, 6.45) is 4.14. The van der Waals surface area contributed by atoms with Gasteiger partial charge < -0.3 is 14.2 Å². The van der Waals surface area contributed by atoms with E-state index in [1.165, 1.54) is 44.6 Å². The van der Waals surface area contributed by atoms with Crippen molar-refractivity contribution in [3.05, 3.63) is 41.2 Å². The lowest BCUT2D eigenvalue weighted by atomic mass is 10.1. The Labute approximate surface area is 196 Å². The van der Waals surface area contributed by atoms with Gasteiger partial charge in [-0.05, 0) is 6.92 Å². The molecule has 3 aromatic heterocycles. The predicted molar refractivity (Wildman–Crippen MR) is 118 cm³/mol. The Bertz CT molecular complexity index is 1180. The number of hydrogen-bond acceptors (Lipinski definition) is 11. The molecule has 0 spiro atoms. The maximum atomic E-state index is 13.4. The smallest absolute Gasteiger partial charge is 0.245 e. The van der Waals surface area contributed by atoms with Crippen LogP contribution in [0.1, 0.15) is 37.2 Å². The average molecular weight is 498 g/mol. The van der Waals surface area contributed by atoms with Crippen LogP contribution in [0.3, 0.4) is 0 Å². The van der Waals surface area contributed by atoms with E-state index in [9.17, 15) is 8.42 Å². The monoisotopic (exact) mass is 497 g/mol. The third-order valence-electron chi connectivity index (χ3n) is 5.08. The molecule has 0 aliphatic rings. The van der Waals surface area contributed by atoms with Crippen LogP contribution in [0.2, 0.25) is 5.02 Å². The molecule has 3 rings (SSSR count). The summed E-state index contributed by atoms with van der Waals surface area (Å²) in [6.45, 7) is 3.39. The van der Waals surface area contributed by atoms with Crippen LogP contribution in [0.15, 0.2) is 18.7 Å². The maximum Gasteiger partial charge on any atom is 0.245 e. The van der Waals surface area contributed by atoms with E-state index in [0.717, 1.165) is 0 Å². The summed E-state index contributed by atoms with van der Waals surface area (Å²) in [5, 5.41) is 7.76. The molecule has 0 saturated carbocycles. The Hall–Kier alpha value is -2.90. The molecule has 0 fully saturated rings. The summed E-state index contributed by atoms with van der Waals surface area (Å²) < 4.78 is 44.1. The van der Waals surface area contributed by atoms with E-state index in [2.05, 4.69) is 30.1 Å². The molecule has 0 saturated heterocycles. The molecule has 0 amide bonds. The topological polar surface area (TPSA) is 144 Å². The van der Waals surface area contributed by atoms with Gasteiger partial charge in [0, 0.05) is 25.4 Å². The van der Waals surface area contributed by atoms with Gasteiger partial charge in [-0.25, -0.2) is 18.4 Å². The second kappa shape index (κ2) is 10.4. The Morgan fingerprint density at radius 2 is 1.55 bits per heavy atom. The molecule has 33 heavy (non-hydrogen) atoms. The molecule has 0 aromatic carbocycles. The second-order valence-corrected chi connectivity index (χ2v) is 9.90. The molecule has 0 bridgehead atoms. The van der Waals surface area contributed by atoms with Crippen molar-refractivity contribution >= 4 is 21.4 Å². The van der Waals surface area contributed by atoms with Gasteiger partial charge in [0.1, 0.15) is 24.5 Å². The molecule has 3 heterocycles. The highest BCUT2D eigenvalue weighted by atomic mass is 35.5. The zero-order chi connectivity index (χ0) is 24.2. The van der Waals surface area contributed by atoms with Crippen LogP contribution in [0.5, 0.6) is 11.8 Å². The number of halogens is 1. The van der Waals surface area contributed by atoms with E-state index in [1.807, 2.05) is 0 Å². The van der Waals surface area contributed by atoms with Gasteiger partial charge in [0.15, 0.2) is 27.2 Å². The van der Waals surface area contributed by atoms with Gasteiger partial charge in [0.2, 0.25) is 11.8 Å². The molecule has 0 aliphatic heterocycles. The summed E-state index contributed by atoms with van der Waals surface area (Å²) in [6, 6.07) is 0. The Morgan fingerprint density at radius 3 is 2.09 bits per heavy atom. The minimum atomic E-state index is -3.74. The second-order valence-electron chi connectivity index (χ2n) is 7.10. The highest BCUT2D eigenvalue weighted by Crippen LogP contribution is 2.32. The lowest BCUT2D eigenvalue weighted by molar-refractivity contribution is 0.176. The van der Waals surface area contributed by atoms with Crippen molar-refractivity contribution < 1.29 is 22.6 Å². The molecule has 0 aliphatic carbocycles. The summed E-state index contributed by atoms with van der Waals surface area (Å²) in [4.78, 5) is 16.5. The van der Waals surface area contributed by atoms with Gasteiger partial charge >= 0.3 is 0 Å². The quantitative estimate of drug-likeness (QED) is 0.404. The lowest BCUT2D eigenvalue weighted by Crippen LogP contribution is -2.27. The van der Waals surface area contributed by atoms with E-state index in [-0.39, 0.29) is 29.9 Å². The number of hydrogen-bond donors (Lipinski definition) is 0. The van der Waals surface area contributed by atoms with Gasteiger partial charge in [0.05, 0.1) is 24.5 Å². The van der Waals surface area contributed by atoms with Gasteiger partial charge in [0.25, 0.3) is 0 Å². The number of rotatable bonds is 10. The van der Waals surface area contributed by atoms with Crippen molar-refractivity contribution in [2.45, 2.75) is 37.4 Å². The number of ether oxygens (including phenoxy) is 3. The molecule has 12 nitrogen and oxygen atoms in total. The molecule has 0 radical (unpaired) electrons. The number of aromatic nitrogens is 7. The third kappa shape index (κ3) is 5.20. The van der Waals surface area contributed by atoms with Crippen molar-refractivity contribution in [1.29, 1.82) is 0 Å². The van der Waals surface area contributed by atoms with Crippen LogP contribution in [-0.2, 0) is 26.9 Å². The normalized spacial score (nSPS) is 13.5. The van der Waals surface area contributed by atoms with E-state index in [4.69, 9.17) is 25.8 Å². The van der Waals surface area contributed by atoms with E-state index in [0.29, 0.717) is 16.7 Å². The van der Waals surface area contributed by atoms with Crippen LogP contribution in [0, 0.1) is 0 Å². The van der Waals surface area contributed by atoms with Gasteiger partial charge in [-0.15, -0.1) is 10.2 Å². The van der Waals surface area contributed by atoms with Crippen LogP contribution in [0.25, 0.3) is 5.69 Å². The van der Waals surface area contributed by atoms with E-state index in [1.54, 1.807) is 13.8 Å². The average Bonchev–Trinajstić information content (AvgIpc) is 3.18. The van der Waals surface area contributed by atoms with E-state index >= 15 is 0 Å². The fourth-order valence-corrected chi connectivity index (χ4v) is 4.81. The number of nitrogens with zero attached hydrogens (tertiary/aromatic N) is 7. The Kier molecular flexibility index (Phi) is 7.76. The molecule has 2 atom stereocenters. The Balaban J connectivity index is 2.04. The number of sulfone groups is 1. The first-order valence-corrected chi connectivity index (χ1v) is 11.9. The minimum Gasteiger partial charge on any atom is -0.479 e. The molecule has 178 valence electrons.